The molecule has 1 atom stereocenters. The largest absolute Gasteiger partial charge is 0.471 e. The normalized spacial score (nSPS) is 12.8. The fourth-order valence-electron chi connectivity index (χ4n) is 2.16. The van der Waals surface area contributed by atoms with E-state index in [2.05, 4.69) is 18.2 Å². The van der Waals surface area contributed by atoms with E-state index in [-0.39, 0.29) is 6.04 Å². The van der Waals surface area contributed by atoms with Gasteiger partial charge in [-0.15, -0.1) is 0 Å². The maximum atomic E-state index is 5.93. The van der Waals surface area contributed by atoms with Crippen molar-refractivity contribution in [1.82, 2.24) is 0 Å². The number of nitrogens with two attached hydrogens (primary N) is 1. The highest BCUT2D eigenvalue weighted by molar-refractivity contribution is 5.95. The Labute approximate surface area is 106 Å². The van der Waals surface area contributed by atoms with Gasteiger partial charge >= 0.3 is 0 Å². The van der Waals surface area contributed by atoms with Gasteiger partial charge in [-0.3, -0.25) is 0 Å². The second kappa shape index (κ2) is 4.31. The van der Waals surface area contributed by atoms with E-state index in [1.54, 1.807) is 12.5 Å². The summed E-state index contributed by atoms with van der Waals surface area (Å²) in [5.74, 6) is 0. The van der Waals surface area contributed by atoms with Crippen molar-refractivity contribution in [3.8, 4) is 11.1 Å². The monoisotopic (exact) mass is 236 g/mol. The average molecular weight is 236 g/mol. The van der Waals surface area contributed by atoms with Crippen molar-refractivity contribution in [2.24, 2.45) is 5.73 Å². The summed E-state index contributed by atoms with van der Waals surface area (Å²) in [6, 6.07) is 15.4. The van der Waals surface area contributed by atoms with Crippen LogP contribution in [0, 0.1) is 6.07 Å². The van der Waals surface area contributed by atoms with Gasteiger partial charge in [-0.2, -0.15) is 0 Å². The molecule has 3 rings (SSSR count). The first kappa shape index (κ1) is 11.1. The van der Waals surface area contributed by atoms with Gasteiger partial charge in [0, 0.05) is 16.8 Å². The van der Waals surface area contributed by atoms with Crippen LogP contribution in [0.15, 0.2) is 53.3 Å². The second-order valence-electron chi connectivity index (χ2n) is 4.52. The lowest BCUT2D eigenvalue weighted by molar-refractivity contribution is 0.572. The molecule has 0 amide bonds. The third-order valence-electron chi connectivity index (χ3n) is 3.17. The molecule has 0 spiro atoms. The smallest absolute Gasteiger partial charge is 0.0987 e. The van der Waals surface area contributed by atoms with Crippen LogP contribution in [0.25, 0.3) is 21.9 Å². The summed E-state index contributed by atoms with van der Waals surface area (Å²) in [5.41, 5.74) is 9.33. The highest BCUT2D eigenvalue weighted by Crippen LogP contribution is 2.30. The SMILES string of the molecule is C[C@@H](N)c1cccc(-c2c[c]cc3cocc23)c1. The number of hydrogen-bond donors (Lipinski definition) is 1. The fourth-order valence-corrected chi connectivity index (χ4v) is 2.16. The van der Waals surface area contributed by atoms with E-state index in [1.165, 1.54) is 0 Å². The lowest BCUT2D eigenvalue weighted by atomic mass is 9.98. The minimum atomic E-state index is 0.0393. The molecule has 2 aromatic carbocycles. The Balaban J connectivity index is 2.20. The number of benzene rings is 2. The summed E-state index contributed by atoms with van der Waals surface area (Å²) in [5, 5.41) is 2.18. The molecule has 89 valence electrons. The molecule has 0 fully saturated rings. The molecule has 1 radical (unpaired) electrons. The van der Waals surface area contributed by atoms with Crippen molar-refractivity contribution in [1.29, 1.82) is 0 Å². The van der Waals surface area contributed by atoms with E-state index in [1.807, 2.05) is 31.2 Å². The van der Waals surface area contributed by atoms with Gasteiger partial charge < -0.3 is 10.2 Å². The van der Waals surface area contributed by atoms with Crippen LogP contribution in [-0.4, -0.2) is 0 Å². The molecule has 2 heteroatoms. The predicted octanol–water partition coefficient (Wildman–Crippen LogP) is 3.92. The molecule has 0 aliphatic heterocycles. The number of fused-ring (bicyclic) bond motifs is 1. The van der Waals surface area contributed by atoms with Crippen LogP contribution in [0.5, 0.6) is 0 Å². The Bertz CT molecular complexity index is 682. The Morgan fingerprint density at radius 2 is 2.11 bits per heavy atom. The van der Waals surface area contributed by atoms with Crippen LogP contribution in [0.4, 0.5) is 0 Å². The summed E-state index contributed by atoms with van der Waals surface area (Å²) >= 11 is 0. The molecule has 1 heterocycles. The minimum absolute atomic E-state index is 0.0393. The van der Waals surface area contributed by atoms with E-state index >= 15 is 0 Å². The zero-order valence-electron chi connectivity index (χ0n) is 10.2. The zero-order valence-corrected chi connectivity index (χ0v) is 10.2. The van der Waals surface area contributed by atoms with E-state index in [4.69, 9.17) is 10.2 Å². The van der Waals surface area contributed by atoms with Gasteiger partial charge in [0.25, 0.3) is 0 Å². The van der Waals surface area contributed by atoms with Gasteiger partial charge in [-0.1, -0.05) is 18.2 Å². The standard InChI is InChI=1S/C16H14NO/c1-11(17)12-4-2-5-13(8-12)15-7-3-6-14-9-18-10-16(14)15/h2,4-11H,17H2,1H3/t11-/m1/s1. The zero-order chi connectivity index (χ0) is 12.5. The van der Waals surface area contributed by atoms with Gasteiger partial charge in [-0.25, -0.2) is 0 Å². The van der Waals surface area contributed by atoms with E-state index in [9.17, 15) is 0 Å². The molecule has 0 aliphatic carbocycles. The lowest BCUT2D eigenvalue weighted by Gasteiger charge is -2.09. The third kappa shape index (κ3) is 1.81. The summed E-state index contributed by atoms with van der Waals surface area (Å²) in [6.07, 6.45) is 3.52. The molecule has 1 aromatic heterocycles. The summed E-state index contributed by atoms with van der Waals surface area (Å²) < 4.78 is 5.26. The molecule has 2 N–H and O–H groups in total. The van der Waals surface area contributed by atoms with Crippen LogP contribution < -0.4 is 5.73 Å². The minimum Gasteiger partial charge on any atom is -0.471 e. The van der Waals surface area contributed by atoms with Crippen LogP contribution in [0.1, 0.15) is 18.5 Å². The molecular weight excluding hydrogens is 222 g/mol. The van der Waals surface area contributed by atoms with Crippen molar-refractivity contribution in [2.45, 2.75) is 13.0 Å². The topological polar surface area (TPSA) is 39.2 Å². The summed E-state index contributed by atoms with van der Waals surface area (Å²) in [6.45, 7) is 1.99. The Kier molecular flexibility index (Phi) is 2.65. The molecule has 18 heavy (non-hydrogen) atoms. The van der Waals surface area contributed by atoms with Crippen LogP contribution >= 0.6 is 0 Å². The van der Waals surface area contributed by atoms with Crippen LogP contribution in [0.3, 0.4) is 0 Å². The van der Waals surface area contributed by atoms with Crippen LogP contribution in [0.2, 0.25) is 0 Å². The maximum absolute atomic E-state index is 5.93. The molecule has 0 unspecified atom stereocenters. The van der Waals surface area contributed by atoms with E-state index in [0.29, 0.717) is 0 Å². The van der Waals surface area contributed by atoms with Gasteiger partial charge in [0.2, 0.25) is 0 Å². The average Bonchev–Trinajstić information content (AvgIpc) is 2.87. The van der Waals surface area contributed by atoms with Crippen molar-refractivity contribution >= 4 is 10.8 Å². The first-order valence-corrected chi connectivity index (χ1v) is 5.97. The first-order chi connectivity index (χ1) is 8.75. The molecule has 3 aromatic rings. The second-order valence-corrected chi connectivity index (χ2v) is 4.52. The Morgan fingerprint density at radius 3 is 2.94 bits per heavy atom. The molecule has 2 nitrogen and oxygen atoms in total. The predicted molar refractivity (Wildman–Crippen MR) is 73.1 cm³/mol. The number of furan rings is 1. The lowest BCUT2D eigenvalue weighted by Crippen LogP contribution is -2.04. The summed E-state index contributed by atoms with van der Waals surface area (Å²) in [7, 11) is 0. The molecular formula is C16H14NO. The fraction of sp³-hybridized carbons (Fsp3) is 0.125. The highest BCUT2D eigenvalue weighted by Gasteiger charge is 2.07. The Hall–Kier alpha value is -2.06. The van der Waals surface area contributed by atoms with Crippen molar-refractivity contribution < 1.29 is 4.42 Å². The van der Waals surface area contributed by atoms with Crippen molar-refractivity contribution in [3.05, 3.63) is 60.6 Å². The first-order valence-electron chi connectivity index (χ1n) is 5.97. The Morgan fingerprint density at radius 1 is 1.22 bits per heavy atom. The highest BCUT2D eigenvalue weighted by atomic mass is 16.3. The van der Waals surface area contributed by atoms with E-state index < -0.39 is 0 Å². The van der Waals surface area contributed by atoms with Gasteiger partial charge in [0.15, 0.2) is 0 Å². The van der Waals surface area contributed by atoms with Crippen molar-refractivity contribution in [2.75, 3.05) is 0 Å². The van der Waals surface area contributed by atoms with Gasteiger partial charge in [-0.05, 0) is 47.9 Å². The maximum Gasteiger partial charge on any atom is 0.0987 e. The third-order valence-corrected chi connectivity index (χ3v) is 3.17. The van der Waals surface area contributed by atoms with Crippen molar-refractivity contribution in [3.63, 3.8) is 0 Å². The molecule has 0 saturated heterocycles. The molecule has 0 aliphatic rings. The number of hydrogen-bond acceptors (Lipinski definition) is 2. The van der Waals surface area contributed by atoms with Gasteiger partial charge in [0.1, 0.15) is 0 Å². The quantitative estimate of drug-likeness (QED) is 0.732. The van der Waals surface area contributed by atoms with Crippen LogP contribution in [-0.2, 0) is 0 Å². The van der Waals surface area contributed by atoms with Gasteiger partial charge in [0.05, 0.1) is 12.5 Å². The van der Waals surface area contributed by atoms with E-state index in [0.717, 1.165) is 27.5 Å². The number of rotatable bonds is 2. The molecule has 0 saturated carbocycles. The summed E-state index contributed by atoms with van der Waals surface area (Å²) in [4.78, 5) is 0. The molecule has 0 bridgehead atoms.